The van der Waals surface area contributed by atoms with E-state index in [1.165, 1.54) is 0 Å². The van der Waals surface area contributed by atoms with Crippen LogP contribution in [0.2, 0.25) is 0 Å². The van der Waals surface area contributed by atoms with E-state index in [0.717, 1.165) is 38.8 Å². The average Bonchev–Trinajstić information content (AvgIpc) is 2.87. The van der Waals surface area contributed by atoms with Gasteiger partial charge >= 0.3 is 0 Å². The number of rotatable bonds is 8. The summed E-state index contributed by atoms with van der Waals surface area (Å²) in [5.74, 6) is 0. The molecule has 0 radical (unpaired) electrons. The number of aliphatic hydroxyl groups is 1. The molecule has 1 N–H and O–H groups in total. The second kappa shape index (κ2) is 6.04. The van der Waals surface area contributed by atoms with Gasteiger partial charge < -0.3 is 9.84 Å². The summed E-state index contributed by atoms with van der Waals surface area (Å²) in [6.45, 7) is 6.32. The molecule has 2 unspecified atom stereocenters. The van der Waals surface area contributed by atoms with Crippen LogP contribution in [-0.4, -0.2) is 41.0 Å². The van der Waals surface area contributed by atoms with Gasteiger partial charge in [0.05, 0.1) is 0 Å². The maximum Gasteiger partial charge on any atom is 0.226 e. The van der Waals surface area contributed by atoms with Gasteiger partial charge in [-0.25, -0.2) is 0 Å². The maximum atomic E-state index is 8.65. The van der Waals surface area contributed by atoms with E-state index in [1.54, 1.807) is 0 Å². The second-order valence-corrected chi connectivity index (χ2v) is 4.50. The zero-order chi connectivity index (χ0) is 11.3. The number of hydrogen-bond acceptors (Lipinski definition) is 3. The summed E-state index contributed by atoms with van der Waals surface area (Å²) in [5, 5.41) is 8.12. The minimum atomic E-state index is -0.525. The van der Waals surface area contributed by atoms with Gasteiger partial charge in [-0.05, 0) is 25.9 Å². The van der Waals surface area contributed by atoms with Crippen LogP contribution in [0.25, 0.3) is 0 Å². The van der Waals surface area contributed by atoms with Crippen molar-refractivity contribution in [3.05, 3.63) is 0 Å². The first-order valence-electron chi connectivity index (χ1n) is 5.91. The molecule has 15 heavy (non-hydrogen) atoms. The van der Waals surface area contributed by atoms with E-state index in [1.807, 2.05) is 0 Å². The van der Waals surface area contributed by atoms with Gasteiger partial charge in [-0.3, -0.25) is 4.90 Å². The number of hydrogen-bond donors (Lipinski definition) is 1. The van der Waals surface area contributed by atoms with Crippen LogP contribution in [0.4, 0.5) is 0 Å². The Morgan fingerprint density at radius 2 is 1.93 bits per heavy atom. The third kappa shape index (κ3) is 3.31. The number of likely N-dealkylation sites (N-methyl/N-ethyl adjacent to an activating group) is 1. The van der Waals surface area contributed by atoms with Gasteiger partial charge in [0.1, 0.15) is 6.10 Å². The molecular formula is C11H22ClNO2. The van der Waals surface area contributed by atoms with E-state index >= 15 is 0 Å². The van der Waals surface area contributed by atoms with Crippen molar-refractivity contribution < 1.29 is 9.84 Å². The quantitative estimate of drug-likeness (QED) is 0.303. The average molecular weight is 236 g/mol. The highest BCUT2D eigenvalue weighted by Gasteiger charge is 2.58. The molecule has 0 amide bonds. The molecule has 1 fully saturated rings. The van der Waals surface area contributed by atoms with Crippen LogP contribution in [0.5, 0.6) is 0 Å². The lowest BCUT2D eigenvalue weighted by atomic mass is 10.1. The first-order chi connectivity index (χ1) is 7.19. The fraction of sp³-hybridized carbons (Fsp3) is 1.00. The van der Waals surface area contributed by atoms with Crippen LogP contribution in [0.15, 0.2) is 0 Å². The first-order valence-corrected chi connectivity index (χ1v) is 6.29. The van der Waals surface area contributed by atoms with Crippen molar-refractivity contribution in [2.24, 2.45) is 0 Å². The molecule has 0 saturated carbocycles. The Labute approximate surface area is 97.4 Å². The van der Waals surface area contributed by atoms with Crippen LogP contribution >= 0.6 is 11.6 Å². The molecule has 1 aliphatic heterocycles. The molecule has 1 saturated heterocycles. The molecule has 0 bridgehead atoms. The van der Waals surface area contributed by atoms with Crippen molar-refractivity contribution in [1.29, 1.82) is 0 Å². The Kier molecular flexibility index (Phi) is 5.33. The fourth-order valence-corrected chi connectivity index (χ4v) is 2.41. The van der Waals surface area contributed by atoms with E-state index < -0.39 is 5.18 Å². The number of epoxide rings is 1. The molecule has 90 valence electrons. The number of halogens is 1. The molecular weight excluding hydrogens is 214 g/mol. The highest BCUT2D eigenvalue weighted by Crippen LogP contribution is 2.46. The molecule has 0 aliphatic carbocycles. The number of aliphatic hydroxyl groups excluding tert-OH is 1. The third-order valence-electron chi connectivity index (χ3n) is 2.97. The minimum absolute atomic E-state index is 0.178. The van der Waals surface area contributed by atoms with Crippen LogP contribution in [-0.2, 0) is 4.74 Å². The van der Waals surface area contributed by atoms with E-state index in [9.17, 15) is 0 Å². The van der Waals surface area contributed by atoms with Crippen LogP contribution in [0, 0.1) is 0 Å². The predicted octanol–water partition coefficient (Wildman–Crippen LogP) is 2.17. The van der Waals surface area contributed by atoms with E-state index in [-0.39, 0.29) is 12.7 Å². The van der Waals surface area contributed by atoms with Crippen LogP contribution < -0.4 is 0 Å². The Hall–Kier alpha value is 0.170. The Balaban J connectivity index is 2.19. The largest absolute Gasteiger partial charge is 0.396 e. The Bertz CT molecular complexity index is 187. The molecule has 0 aromatic heterocycles. The smallest absolute Gasteiger partial charge is 0.226 e. The molecule has 1 aliphatic rings. The topological polar surface area (TPSA) is 36.0 Å². The van der Waals surface area contributed by atoms with E-state index in [2.05, 4.69) is 18.7 Å². The highest BCUT2D eigenvalue weighted by atomic mass is 35.5. The van der Waals surface area contributed by atoms with Crippen molar-refractivity contribution in [3.63, 3.8) is 0 Å². The zero-order valence-corrected chi connectivity index (χ0v) is 10.5. The number of ether oxygens (including phenoxy) is 1. The normalized spacial score (nSPS) is 29.8. The summed E-state index contributed by atoms with van der Waals surface area (Å²) < 4.78 is 5.56. The first kappa shape index (κ1) is 13.2. The van der Waals surface area contributed by atoms with Crippen molar-refractivity contribution in [2.45, 2.75) is 50.8 Å². The van der Waals surface area contributed by atoms with Gasteiger partial charge in [0.15, 0.2) is 0 Å². The number of unbranched alkanes of at least 4 members (excludes halogenated alkanes) is 2. The lowest BCUT2D eigenvalue weighted by Crippen LogP contribution is -2.35. The number of nitrogens with zero attached hydrogens (tertiary/aromatic N) is 1. The zero-order valence-electron chi connectivity index (χ0n) is 9.71. The maximum absolute atomic E-state index is 8.65. The Morgan fingerprint density at radius 1 is 1.27 bits per heavy atom. The van der Waals surface area contributed by atoms with Gasteiger partial charge in [-0.2, -0.15) is 0 Å². The molecule has 1 rings (SSSR count). The lowest BCUT2D eigenvalue weighted by Gasteiger charge is -2.21. The van der Waals surface area contributed by atoms with Crippen molar-refractivity contribution >= 4 is 11.6 Å². The number of alkyl halides is 1. The summed E-state index contributed by atoms with van der Waals surface area (Å²) in [4.78, 5) is 2.14. The summed E-state index contributed by atoms with van der Waals surface area (Å²) in [6, 6.07) is 0. The summed E-state index contributed by atoms with van der Waals surface area (Å²) in [6.07, 6.45) is 4.20. The lowest BCUT2D eigenvalue weighted by molar-refractivity contribution is 0.158. The monoisotopic (exact) mass is 235 g/mol. The second-order valence-electron chi connectivity index (χ2n) is 3.96. The summed E-state index contributed by atoms with van der Waals surface area (Å²) in [5.41, 5.74) is 0. The van der Waals surface area contributed by atoms with Crippen LogP contribution in [0.3, 0.4) is 0 Å². The highest BCUT2D eigenvalue weighted by molar-refractivity contribution is 6.24. The SMILES string of the molecule is CCN(CC)C1(Cl)OC1CCCCCO. The van der Waals surface area contributed by atoms with Gasteiger partial charge in [0.25, 0.3) is 0 Å². The van der Waals surface area contributed by atoms with Gasteiger partial charge in [0, 0.05) is 6.61 Å². The van der Waals surface area contributed by atoms with Crippen molar-refractivity contribution in [2.75, 3.05) is 19.7 Å². The van der Waals surface area contributed by atoms with E-state index in [4.69, 9.17) is 21.4 Å². The predicted molar refractivity (Wildman–Crippen MR) is 61.9 cm³/mol. The third-order valence-corrected chi connectivity index (χ3v) is 3.54. The summed E-state index contributed by atoms with van der Waals surface area (Å²) >= 11 is 6.34. The van der Waals surface area contributed by atoms with Crippen molar-refractivity contribution in [3.8, 4) is 0 Å². The molecule has 0 spiro atoms. The molecule has 0 aromatic carbocycles. The van der Waals surface area contributed by atoms with E-state index in [0.29, 0.717) is 0 Å². The molecule has 3 nitrogen and oxygen atoms in total. The fourth-order valence-electron chi connectivity index (χ4n) is 1.95. The minimum Gasteiger partial charge on any atom is -0.396 e. The molecule has 1 heterocycles. The molecule has 0 aromatic rings. The van der Waals surface area contributed by atoms with Crippen LogP contribution in [0.1, 0.15) is 39.5 Å². The summed E-state index contributed by atoms with van der Waals surface area (Å²) in [7, 11) is 0. The molecule has 2 atom stereocenters. The van der Waals surface area contributed by atoms with Gasteiger partial charge in [-0.15, -0.1) is 0 Å². The van der Waals surface area contributed by atoms with Crippen molar-refractivity contribution in [1.82, 2.24) is 4.90 Å². The van der Waals surface area contributed by atoms with Gasteiger partial charge in [-0.1, -0.05) is 38.3 Å². The van der Waals surface area contributed by atoms with Gasteiger partial charge in [0.2, 0.25) is 5.18 Å². The molecule has 4 heteroatoms. The Morgan fingerprint density at radius 3 is 2.47 bits per heavy atom. The standard InChI is InChI=1S/C11H22ClNO2/c1-3-13(4-2)11(12)10(15-11)8-6-5-7-9-14/h10,14H,3-9H2,1-2H3.